The van der Waals surface area contributed by atoms with Crippen LogP contribution in [0.2, 0.25) is 0 Å². The maximum absolute atomic E-state index is 13.3. The van der Waals surface area contributed by atoms with E-state index in [1.54, 1.807) is 36.4 Å². The first-order chi connectivity index (χ1) is 17.3. The Labute approximate surface area is 211 Å². The van der Waals surface area contributed by atoms with E-state index in [2.05, 4.69) is 0 Å². The number of aliphatic hydroxyl groups excluding tert-OH is 1. The average Bonchev–Trinajstić information content (AvgIpc) is 3.13. The lowest BCUT2D eigenvalue weighted by Gasteiger charge is -2.26. The SMILES string of the molecule is CCOc1ccc(C2/C(=C(\O)c3cc(OC)ccc3OC)C(=O)C(=O)N2CCCN(C)C)cc1OC. The van der Waals surface area contributed by atoms with Gasteiger partial charge in [-0.1, -0.05) is 6.07 Å². The normalized spacial score (nSPS) is 17.0. The molecule has 1 aliphatic heterocycles. The molecule has 194 valence electrons. The molecule has 1 aliphatic rings. The minimum Gasteiger partial charge on any atom is -0.507 e. The zero-order chi connectivity index (χ0) is 26.4. The fraction of sp³-hybridized carbons (Fsp3) is 0.407. The van der Waals surface area contributed by atoms with Gasteiger partial charge >= 0.3 is 0 Å². The Kier molecular flexibility index (Phi) is 8.82. The minimum absolute atomic E-state index is 0.0254. The lowest BCUT2D eigenvalue weighted by atomic mass is 9.94. The lowest BCUT2D eigenvalue weighted by Crippen LogP contribution is -2.32. The van der Waals surface area contributed by atoms with Crippen LogP contribution in [0.5, 0.6) is 23.0 Å². The number of nitrogens with zero attached hydrogens (tertiary/aromatic N) is 2. The van der Waals surface area contributed by atoms with E-state index >= 15 is 0 Å². The quantitative estimate of drug-likeness (QED) is 0.286. The standard InChI is InChI=1S/C27H34N2O7/c1-7-36-21-11-9-17(15-22(21)35-6)24-23(26(31)27(32)29(24)14-8-13-28(2)3)25(30)19-16-18(33-4)10-12-20(19)34-5/h9-12,15-16,24,30H,7-8,13-14H2,1-6H3/b25-23+. The number of ether oxygens (including phenoxy) is 4. The summed E-state index contributed by atoms with van der Waals surface area (Å²) in [6.07, 6.45) is 0.646. The second-order valence-electron chi connectivity index (χ2n) is 8.56. The van der Waals surface area contributed by atoms with Crippen LogP contribution in [0.25, 0.3) is 5.76 Å². The van der Waals surface area contributed by atoms with E-state index in [0.717, 1.165) is 6.54 Å². The van der Waals surface area contributed by atoms with Gasteiger partial charge in [-0.3, -0.25) is 9.59 Å². The number of carbonyl (C=O) groups is 2. The molecule has 1 N–H and O–H groups in total. The van der Waals surface area contributed by atoms with E-state index in [4.69, 9.17) is 18.9 Å². The molecule has 0 spiro atoms. The molecule has 36 heavy (non-hydrogen) atoms. The van der Waals surface area contributed by atoms with Gasteiger partial charge in [-0.15, -0.1) is 0 Å². The number of Topliss-reactive ketones (excluding diaryl/α,β-unsaturated/α-hetero) is 1. The van der Waals surface area contributed by atoms with Crippen LogP contribution in [0.15, 0.2) is 42.0 Å². The first-order valence-electron chi connectivity index (χ1n) is 11.7. The summed E-state index contributed by atoms with van der Waals surface area (Å²) in [6.45, 7) is 3.38. The van der Waals surface area contributed by atoms with Crippen molar-refractivity contribution in [3.63, 3.8) is 0 Å². The molecule has 0 saturated carbocycles. The van der Waals surface area contributed by atoms with Gasteiger partial charge < -0.3 is 33.9 Å². The summed E-state index contributed by atoms with van der Waals surface area (Å²) in [5, 5.41) is 11.4. The maximum Gasteiger partial charge on any atom is 0.295 e. The topological polar surface area (TPSA) is 97.8 Å². The molecule has 9 nitrogen and oxygen atoms in total. The fourth-order valence-corrected chi connectivity index (χ4v) is 4.29. The third-order valence-electron chi connectivity index (χ3n) is 6.01. The molecule has 1 saturated heterocycles. The predicted molar refractivity (Wildman–Crippen MR) is 136 cm³/mol. The van der Waals surface area contributed by atoms with Crippen LogP contribution in [0, 0.1) is 0 Å². The summed E-state index contributed by atoms with van der Waals surface area (Å²) in [5.41, 5.74) is 0.844. The van der Waals surface area contributed by atoms with Gasteiger partial charge in [0.2, 0.25) is 0 Å². The van der Waals surface area contributed by atoms with Crippen molar-refractivity contribution in [1.29, 1.82) is 0 Å². The zero-order valence-electron chi connectivity index (χ0n) is 21.7. The van der Waals surface area contributed by atoms with Crippen LogP contribution in [0.1, 0.15) is 30.5 Å². The number of carbonyl (C=O) groups excluding carboxylic acids is 2. The van der Waals surface area contributed by atoms with Crippen molar-refractivity contribution in [2.24, 2.45) is 0 Å². The van der Waals surface area contributed by atoms with Crippen molar-refractivity contribution in [3.05, 3.63) is 53.1 Å². The van der Waals surface area contributed by atoms with Crippen molar-refractivity contribution < 1.29 is 33.6 Å². The molecule has 0 bridgehead atoms. The van der Waals surface area contributed by atoms with Gasteiger partial charge in [-0.05, 0) is 69.9 Å². The first-order valence-corrected chi connectivity index (χ1v) is 11.7. The largest absolute Gasteiger partial charge is 0.507 e. The Bertz CT molecular complexity index is 1140. The van der Waals surface area contributed by atoms with Crippen molar-refractivity contribution in [2.45, 2.75) is 19.4 Å². The summed E-state index contributed by atoms with van der Waals surface area (Å²) in [6, 6.07) is 9.32. The molecular formula is C27H34N2O7. The summed E-state index contributed by atoms with van der Waals surface area (Å²) < 4.78 is 21.9. The molecule has 1 fully saturated rings. The number of benzene rings is 2. The monoisotopic (exact) mass is 498 g/mol. The Morgan fingerprint density at radius 1 is 0.972 bits per heavy atom. The Balaban J connectivity index is 2.21. The van der Waals surface area contributed by atoms with E-state index in [1.165, 1.54) is 26.2 Å². The molecule has 1 amide bonds. The van der Waals surface area contributed by atoms with Gasteiger partial charge in [0.1, 0.15) is 17.3 Å². The number of aliphatic hydroxyl groups is 1. The molecule has 0 radical (unpaired) electrons. The summed E-state index contributed by atoms with van der Waals surface area (Å²) in [4.78, 5) is 30.1. The van der Waals surface area contributed by atoms with E-state index in [-0.39, 0.29) is 16.9 Å². The molecular weight excluding hydrogens is 464 g/mol. The number of rotatable bonds is 11. The average molecular weight is 499 g/mol. The van der Waals surface area contributed by atoms with Crippen molar-refractivity contribution in [1.82, 2.24) is 9.80 Å². The van der Waals surface area contributed by atoms with E-state index in [1.807, 2.05) is 25.9 Å². The van der Waals surface area contributed by atoms with Gasteiger partial charge in [0.25, 0.3) is 11.7 Å². The molecule has 1 atom stereocenters. The Hall–Kier alpha value is -3.72. The Morgan fingerprint density at radius 2 is 1.67 bits per heavy atom. The van der Waals surface area contributed by atoms with Crippen LogP contribution in [0.4, 0.5) is 0 Å². The minimum atomic E-state index is -0.826. The number of amides is 1. The van der Waals surface area contributed by atoms with Crippen molar-refractivity contribution in [2.75, 3.05) is 55.1 Å². The molecule has 2 aromatic carbocycles. The summed E-state index contributed by atoms with van der Waals surface area (Å²) >= 11 is 0. The summed E-state index contributed by atoms with van der Waals surface area (Å²) in [5.74, 6) is 0.0501. The first kappa shape index (κ1) is 26.9. The summed E-state index contributed by atoms with van der Waals surface area (Å²) in [7, 11) is 8.38. The highest BCUT2D eigenvalue weighted by Crippen LogP contribution is 2.43. The van der Waals surface area contributed by atoms with Crippen LogP contribution < -0.4 is 18.9 Å². The Morgan fingerprint density at radius 3 is 2.28 bits per heavy atom. The molecule has 9 heteroatoms. The number of hydrogen-bond acceptors (Lipinski definition) is 8. The molecule has 0 aromatic heterocycles. The second-order valence-corrected chi connectivity index (χ2v) is 8.56. The number of hydrogen-bond donors (Lipinski definition) is 1. The highest BCUT2D eigenvalue weighted by Gasteiger charge is 2.46. The zero-order valence-corrected chi connectivity index (χ0v) is 21.7. The second kappa shape index (κ2) is 11.8. The predicted octanol–water partition coefficient (Wildman–Crippen LogP) is 3.48. The highest BCUT2D eigenvalue weighted by atomic mass is 16.5. The van der Waals surface area contributed by atoms with E-state index in [9.17, 15) is 14.7 Å². The lowest BCUT2D eigenvalue weighted by molar-refractivity contribution is -0.139. The maximum atomic E-state index is 13.3. The molecule has 3 rings (SSSR count). The van der Waals surface area contributed by atoms with Crippen LogP contribution in [0.3, 0.4) is 0 Å². The molecule has 2 aromatic rings. The van der Waals surface area contributed by atoms with Gasteiger partial charge in [-0.2, -0.15) is 0 Å². The van der Waals surface area contributed by atoms with Gasteiger partial charge in [0.15, 0.2) is 11.5 Å². The van der Waals surface area contributed by atoms with Crippen molar-refractivity contribution >= 4 is 17.4 Å². The third-order valence-corrected chi connectivity index (χ3v) is 6.01. The third kappa shape index (κ3) is 5.41. The van der Waals surface area contributed by atoms with Gasteiger partial charge in [0, 0.05) is 6.54 Å². The van der Waals surface area contributed by atoms with Crippen LogP contribution >= 0.6 is 0 Å². The highest BCUT2D eigenvalue weighted by molar-refractivity contribution is 6.46. The van der Waals surface area contributed by atoms with E-state index in [0.29, 0.717) is 48.1 Å². The number of likely N-dealkylation sites (tertiary alicyclic amines) is 1. The van der Waals surface area contributed by atoms with E-state index < -0.39 is 17.7 Å². The molecule has 0 aliphatic carbocycles. The van der Waals surface area contributed by atoms with Gasteiger partial charge in [0.05, 0.1) is 45.1 Å². The molecule has 1 unspecified atom stereocenters. The van der Waals surface area contributed by atoms with Crippen LogP contribution in [-0.2, 0) is 9.59 Å². The molecule has 1 heterocycles. The fourth-order valence-electron chi connectivity index (χ4n) is 4.29. The van der Waals surface area contributed by atoms with Crippen molar-refractivity contribution in [3.8, 4) is 23.0 Å². The van der Waals surface area contributed by atoms with Crippen LogP contribution in [-0.4, -0.2) is 81.7 Å². The smallest absolute Gasteiger partial charge is 0.295 e. The van der Waals surface area contributed by atoms with Gasteiger partial charge in [-0.25, -0.2) is 0 Å². The number of methoxy groups -OCH3 is 3. The number of ketones is 1.